The standard InChI is InChI=1S/C13H19NO5S2/c1-2-6-19-10-4-3-5-14(8-10)21(17,18)11-7-12(13(15)16)20-9-11/h7,9-10H,2-6,8H2,1H3,(H,15,16). The molecule has 8 heteroatoms. The molecule has 1 fully saturated rings. The lowest BCUT2D eigenvalue weighted by Gasteiger charge is -2.31. The number of carboxylic acids is 1. The smallest absolute Gasteiger partial charge is 0.345 e. The normalized spacial score (nSPS) is 20.5. The number of rotatable bonds is 6. The van der Waals surface area contributed by atoms with Crippen LogP contribution in [0, 0.1) is 0 Å². The van der Waals surface area contributed by atoms with Gasteiger partial charge in [-0.1, -0.05) is 6.92 Å². The number of aromatic carboxylic acids is 1. The molecular weight excluding hydrogens is 314 g/mol. The number of hydrogen-bond acceptors (Lipinski definition) is 5. The Kier molecular flexibility index (Phi) is 5.37. The molecule has 1 atom stereocenters. The van der Waals surface area contributed by atoms with Crippen molar-refractivity contribution in [2.24, 2.45) is 0 Å². The summed E-state index contributed by atoms with van der Waals surface area (Å²) >= 11 is 0.927. The topological polar surface area (TPSA) is 83.9 Å². The Morgan fingerprint density at radius 1 is 1.57 bits per heavy atom. The van der Waals surface area contributed by atoms with E-state index in [1.165, 1.54) is 15.8 Å². The van der Waals surface area contributed by atoms with Crippen molar-refractivity contribution in [2.75, 3.05) is 19.7 Å². The van der Waals surface area contributed by atoms with Gasteiger partial charge in [-0.05, 0) is 25.3 Å². The molecule has 1 unspecified atom stereocenters. The number of nitrogens with zero attached hydrogens (tertiary/aromatic N) is 1. The van der Waals surface area contributed by atoms with Gasteiger partial charge < -0.3 is 9.84 Å². The molecule has 0 saturated carbocycles. The zero-order chi connectivity index (χ0) is 15.5. The summed E-state index contributed by atoms with van der Waals surface area (Å²) in [5, 5.41) is 10.3. The van der Waals surface area contributed by atoms with Crippen LogP contribution in [-0.2, 0) is 14.8 Å². The monoisotopic (exact) mass is 333 g/mol. The van der Waals surface area contributed by atoms with E-state index in [9.17, 15) is 13.2 Å². The summed E-state index contributed by atoms with van der Waals surface area (Å²) in [4.78, 5) is 11.0. The molecule has 0 amide bonds. The lowest BCUT2D eigenvalue weighted by atomic mass is 10.1. The van der Waals surface area contributed by atoms with E-state index in [1.54, 1.807) is 0 Å². The number of thiophene rings is 1. The van der Waals surface area contributed by atoms with Crippen LogP contribution in [0.3, 0.4) is 0 Å². The summed E-state index contributed by atoms with van der Waals surface area (Å²) in [5.74, 6) is -1.11. The number of sulfonamides is 1. The van der Waals surface area contributed by atoms with E-state index in [1.807, 2.05) is 6.92 Å². The second kappa shape index (κ2) is 6.87. The molecular formula is C13H19NO5S2. The summed E-state index contributed by atoms with van der Waals surface area (Å²) < 4.78 is 32.1. The molecule has 0 spiro atoms. The van der Waals surface area contributed by atoms with Crippen molar-refractivity contribution in [2.45, 2.75) is 37.2 Å². The van der Waals surface area contributed by atoms with Crippen LogP contribution in [0.4, 0.5) is 0 Å². The second-order valence-corrected chi connectivity index (χ2v) is 7.80. The zero-order valence-corrected chi connectivity index (χ0v) is 13.5. The highest BCUT2D eigenvalue weighted by Crippen LogP contribution is 2.26. The number of hydrogen-bond donors (Lipinski definition) is 1. The van der Waals surface area contributed by atoms with Gasteiger partial charge >= 0.3 is 5.97 Å². The first-order valence-corrected chi connectivity index (χ1v) is 9.20. The number of carbonyl (C=O) groups is 1. The van der Waals surface area contributed by atoms with Crippen LogP contribution in [0.2, 0.25) is 0 Å². The minimum atomic E-state index is -3.63. The van der Waals surface area contributed by atoms with Gasteiger partial charge in [0.25, 0.3) is 0 Å². The minimum Gasteiger partial charge on any atom is -0.477 e. The molecule has 1 aromatic rings. The fourth-order valence-corrected chi connectivity index (χ4v) is 4.87. The van der Waals surface area contributed by atoms with Gasteiger partial charge in [0.1, 0.15) is 4.88 Å². The third-order valence-corrected chi connectivity index (χ3v) is 6.23. The van der Waals surface area contributed by atoms with E-state index in [-0.39, 0.29) is 15.9 Å². The third kappa shape index (κ3) is 3.82. The lowest BCUT2D eigenvalue weighted by Crippen LogP contribution is -2.43. The molecule has 1 aromatic heterocycles. The molecule has 0 bridgehead atoms. The Labute approximate surface area is 128 Å². The number of piperidine rings is 1. The molecule has 1 aliphatic heterocycles. The van der Waals surface area contributed by atoms with E-state index >= 15 is 0 Å². The van der Waals surface area contributed by atoms with Gasteiger partial charge in [-0.2, -0.15) is 4.31 Å². The summed E-state index contributed by atoms with van der Waals surface area (Å²) in [6.07, 6.45) is 2.43. The Hall–Kier alpha value is -0.960. The molecule has 6 nitrogen and oxygen atoms in total. The SMILES string of the molecule is CCCOC1CCCN(S(=O)(=O)c2csc(C(=O)O)c2)C1. The van der Waals surface area contributed by atoms with Crippen LogP contribution in [0.1, 0.15) is 35.9 Å². The molecule has 0 aromatic carbocycles. The predicted octanol–water partition coefficient (Wildman–Crippen LogP) is 2.03. The van der Waals surface area contributed by atoms with Crippen molar-refractivity contribution < 1.29 is 23.1 Å². The molecule has 1 saturated heterocycles. The van der Waals surface area contributed by atoms with Gasteiger partial charge in [0.2, 0.25) is 10.0 Å². The van der Waals surface area contributed by atoms with E-state index in [4.69, 9.17) is 9.84 Å². The Balaban J connectivity index is 2.12. The van der Waals surface area contributed by atoms with Crippen molar-refractivity contribution >= 4 is 27.3 Å². The molecule has 0 aliphatic carbocycles. The van der Waals surface area contributed by atoms with Gasteiger partial charge in [-0.25, -0.2) is 13.2 Å². The summed E-state index contributed by atoms with van der Waals surface area (Å²) in [7, 11) is -3.63. The van der Waals surface area contributed by atoms with Crippen molar-refractivity contribution in [3.05, 3.63) is 16.3 Å². The highest BCUT2D eigenvalue weighted by molar-refractivity contribution is 7.89. The van der Waals surface area contributed by atoms with Crippen LogP contribution >= 0.6 is 11.3 Å². The van der Waals surface area contributed by atoms with Crippen molar-refractivity contribution in [1.29, 1.82) is 0 Å². The quantitative estimate of drug-likeness (QED) is 0.861. The molecule has 21 heavy (non-hydrogen) atoms. The summed E-state index contributed by atoms with van der Waals surface area (Å²) in [6.45, 7) is 3.42. The third-order valence-electron chi connectivity index (χ3n) is 3.32. The zero-order valence-electron chi connectivity index (χ0n) is 11.8. The van der Waals surface area contributed by atoms with Gasteiger partial charge in [0.05, 0.1) is 11.0 Å². The average Bonchev–Trinajstić information content (AvgIpc) is 2.96. The minimum absolute atomic E-state index is 0.0318. The largest absolute Gasteiger partial charge is 0.477 e. The van der Waals surface area contributed by atoms with E-state index in [0.717, 1.165) is 30.6 Å². The molecule has 1 aliphatic rings. The first-order valence-electron chi connectivity index (χ1n) is 6.88. The molecule has 2 rings (SSSR count). The van der Waals surface area contributed by atoms with Gasteiger partial charge in [-0.15, -0.1) is 11.3 Å². The fraction of sp³-hybridized carbons (Fsp3) is 0.615. The van der Waals surface area contributed by atoms with Gasteiger partial charge in [0.15, 0.2) is 0 Å². The molecule has 1 N–H and O–H groups in total. The maximum atomic E-state index is 12.5. The van der Waals surface area contributed by atoms with Crippen LogP contribution in [0.15, 0.2) is 16.3 Å². The predicted molar refractivity (Wildman–Crippen MR) is 79.3 cm³/mol. The van der Waals surface area contributed by atoms with Crippen molar-refractivity contribution in [3.8, 4) is 0 Å². The van der Waals surface area contributed by atoms with Crippen LogP contribution < -0.4 is 0 Å². The molecule has 118 valence electrons. The first-order chi connectivity index (χ1) is 9.95. The van der Waals surface area contributed by atoms with Crippen LogP contribution in [0.25, 0.3) is 0 Å². The molecule has 2 heterocycles. The van der Waals surface area contributed by atoms with Crippen LogP contribution in [-0.4, -0.2) is 49.6 Å². The van der Waals surface area contributed by atoms with E-state index < -0.39 is 16.0 Å². The van der Waals surface area contributed by atoms with E-state index in [0.29, 0.717) is 19.7 Å². The molecule has 0 radical (unpaired) electrons. The Morgan fingerprint density at radius 3 is 2.95 bits per heavy atom. The maximum absolute atomic E-state index is 12.5. The van der Waals surface area contributed by atoms with Gasteiger partial charge in [0, 0.05) is 25.1 Å². The van der Waals surface area contributed by atoms with Crippen LogP contribution in [0.5, 0.6) is 0 Å². The maximum Gasteiger partial charge on any atom is 0.345 e. The lowest BCUT2D eigenvalue weighted by molar-refractivity contribution is 0.0193. The number of ether oxygens (including phenoxy) is 1. The van der Waals surface area contributed by atoms with Gasteiger partial charge in [-0.3, -0.25) is 0 Å². The fourth-order valence-electron chi connectivity index (χ4n) is 2.26. The highest BCUT2D eigenvalue weighted by atomic mass is 32.2. The Morgan fingerprint density at radius 2 is 2.33 bits per heavy atom. The highest BCUT2D eigenvalue weighted by Gasteiger charge is 2.31. The van der Waals surface area contributed by atoms with Crippen molar-refractivity contribution in [3.63, 3.8) is 0 Å². The average molecular weight is 333 g/mol. The number of carboxylic acid groups (broad SMARTS) is 1. The second-order valence-electron chi connectivity index (χ2n) is 4.95. The van der Waals surface area contributed by atoms with E-state index in [2.05, 4.69) is 0 Å². The summed E-state index contributed by atoms with van der Waals surface area (Å²) in [5.41, 5.74) is 0. The summed E-state index contributed by atoms with van der Waals surface area (Å²) in [6, 6.07) is 1.22. The van der Waals surface area contributed by atoms with Crippen molar-refractivity contribution in [1.82, 2.24) is 4.31 Å². The first kappa shape index (κ1) is 16.4. The Bertz CT molecular complexity index is 595.